The van der Waals surface area contributed by atoms with Gasteiger partial charge in [0.1, 0.15) is 12.7 Å². The van der Waals surface area contributed by atoms with Gasteiger partial charge in [0.25, 0.3) is 0 Å². The number of carbonyl (C=O) groups is 1. The smallest absolute Gasteiger partial charge is 0.322 e. The molecule has 0 spiro atoms. The summed E-state index contributed by atoms with van der Waals surface area (Å²) in [6.07, 6.45) is 8.04. The molecule has 0 aliphatic carbocycles. The van der Waals surface area contributed by atoms with Crippen molar-refractivity contribution in [1.82, 2.24) is 34.6 Å². The molecule has 1 fully saturated rings. The van der Waals surface area contributed by atoms with Crippen molar-refractivity contribution in [3.63, 3.8) is 0 Å². The molecule has 1 N–H and O–H groups in total. The number of amides is 2. The summed E-state index contributed by atoms with van der Waals surface area (Å²) in [6, 6.07) is 5.16. The number of piperazine rings is 1. The lowest BCUT2D eigenvalue weighted by Gasteiger charge is -2.34. The quantitative estimate of drug-likeness (QED) is 0.744. The van der Waals surface area contributed by atoms with Gasteiger partial charge in [-0.15, -0.1) is 0 Å². The number of aromatic nitrogens is 6. The Morgan fingerprint density at radius 1 is 1.00 bits per heavy atom. The van der Waals surface area contributed by atoms with Crippen molar-refractivity contribution in [2.75, 3.05) is 36.4 Å². The zero-order valence-electron chi connectivity index (χ0n) is 13.9. The highest BCUT2D eigenvalue weighted by atomic mass is 16.2. The first kappa shape index (κ1) is 15.9. The average Bonchev–Trinajstić information content (AvgIpc) is 3.24. The third-order valence-electron chi connectivity index (χ3n) is 4.07. The van der Waals surface area contributed by atoms with Crippen molar-refractivity contribution >= 4 is 17.7 Å². The van der Waals surface area contributed by atoms with Gasteiger partial charge in [0.15, 0.2) is 5.82 Å². The molecule has 0 bridgehead atoms. The first-order valence-corrected chi connectivity index (χ1v) is 8.19. The largest absolute Gasteiger partial charge is 0.337 e. The van der Waals surface area contributed by atoms with Crippen molar-refractivity contribution in [2.45, 2.75) is 0 Å². The van der Waals surface area contributed by atoms with Crippen molar-refractivity contribution in [2.24, 2.45) is 0 Å². The van der Waals surface area contributed by atoms with Gasteiger partial charge >= 0.3 is 6.03 Å². The summed E-state index contributed by atoms with van der Waals surface area (Å²) in [7, 11) is 0. The van der Waals surface area contributed by atoms with Gasteiger partial charge in [-0.1, -0.05) is 0 Å². The van der Waals surface area contributed by atoms with Gasteiger partial charge in [-0.2, -0.15) is 5.10 Å². The summed E-state index contributed by atoms with van der Waals surface area (Å²) in [5.74, 6) is 1.21. The molecule has 26 heavy (non-hydrogen) atoms. The number of carbonyl (C=O) groups excluding carboxylic acids is 1. The third kappa shape index (κ3) is 3.29. The molecule has 3 aromatic rings. The lowest BCUT2D eigenvalue weighted by Crippen LogP contribution is -2.50. The minimum absolute atomic E-state index is 0.173. The molecule has 4 rings (SSSR count). The number of anilines is 2. The van der Waals surface area contributed by atoms with E-state index in [-0.39, 0.29) is 6.03 Å². The predicted octanol–water partition coefficient (Wildman–Crippen LogP) is 0.806. The van der Waals surface area contributed by atoms with E-state index < -0.39 is 0 Å². The van der Waals surface area contributed by atoms with Gasteiger partial charge < -0.3 is 15.1 Å². The van der Waals surface area contributed by atoms with E-state index in [0.29, 0.717) is 43.6 Å². The van der Waals surface area contributed by atoms with Gasteiger partial charge in [0, 0.05) is 44.8 Å². The summed E-state index contributed by atoms with van der Waals surface area (Å²) in [5.41, 5.74) is 0.580. The molecule has 3 aromatic heterocycles. The van der Waals surface area contributed by atoms with E-state index >= 15 is 0 Å². The summed E-state index contributed by atoms with van der Waals surface area (Å²) in [6.45, 7) is 2.53. The van der Waals surface area contributed by atoms with E-state index in [2.05, 4.69) is 35.3 Å². The number of rotatable bonds is 3. The number of nitrogens with zero attached hydrogens (tertiary/aromatic N) is 8. The molecule has 0 atom stereocenters. The van der Waals surface area contributed by atoms with Crippen molar-refractivity contribution in [3.8, 4) is 5.82 Å². The maximum atomic E-state index is 12.6. The second kappa shape index (κ2) is 7.13. The molecule has 10 heteroatoms. The second-order valence-electron chi connectivity index (χ2n) is 5.67. The summed E-state index contributed by atoms with van der Waals surface area (Å²) >= 11 is 0. The van der Waals surface area contributed by atoms with E-state index in [0.717, 1.165) is 0 Å². The van der Waals surface area contributed by atoms with Crippen LogP contribution in [0.25, 0.3) is 5.82 Å². The number of hydrogen-bond acceptors (Lipinski definition) is 7. The van der Waals surface area contributed by atoms with E-state index in [1.54, 1.807) is 41.7 Å². The van der Waals surface area contributed by atoms with Crippen LogP contribution >= 0.6 is 0 Å². The first-order valence-electron chi connectivity index (χ1n) is 8.19. The Morgan fingerprint density at radius 2 is 1.77 bits per heavy atom. The maximum Gasteiger partial charge on any atom is 0.322 e. The number of hydrogen-bond donors (Lipinski definition) is 1. The topological polar surface area (TPSA) is 105 Å². The number of nitrogens with one attached hydrogen (secondary N) is 1. The normalized spacial score (nSPS) is 14.3. The average molecular weight is 351 g/mol. The number of urea groups is 1. The molecule has 10 nitrogen and oxygen atoms in total. The molecule has 0 unspecified atom stereocenters. The summed E-state index contributed by atoms with van der Waals surface area (Å²) in [5, 5.41) is 6.98. The fourth-order valence-corrected chi connectivity index (χ4v) is 2.75. The molecule has 0 aromatic carbocycles. The maximum absolute atomic E-state index is 12.6. The van der Waals surface area contributed by atoms with Crippen molar-refractivity contribution in [3.05, 3.63) is 49.4 Å². The molecule has 1 aliphatic heterocycles. The Balaban J connectivity index is 1.41. The Kier molecular flexibility index (Phi) is 4.37. The van der Waals surface area contributed by atoms with Gasteiger partial charge in [-0.25, -0.2) is 29.4 Å². The Labute approximate surface area is 149 Å². The highest BCUT2D eigenvalue weighted by Crippen LogP contribution is 2.17. The second-order valence-corrected chi connectivity index (χ2v) is 5.67. The minimum Gasteiger partial charge on any atom is -0.337 e. The van der Waals surface area contributed by atoms with Crippen LogP contribution in [0, 0.1) is 0 Å². The molecule has 2 amide bonds. The van der Waals surface area contributed by atoms with Crippen LogP contribution in [0.1, 0.15) is 0 Å². The number of pyridine rings is 1. The van der Waals surface area contributed by atoms with Gasteiger partial charge in [0.2, 0.25) is 5.95 Å². The highest BCUT2D eigenvalue weighted by Gasteiger charge is 2.23. The molecule has 1 saturated heterocycles. The molecular weight excluding hydrogens is 334 g/mol. The molecule has 132 valence electrons. The van der Waals surface area contributed by atoms with Crippen LogP contribution < -0.4 is 10.2 Å². The Morgan fingerprint density at radius 3 is 2.50 bits per heavy atom. The SMILES string of the molecule is O=C(Nc1cccnc1-n1cncn1)N1CCN(c2ncccn2)CC1. The van der Waals surface area contributed by atoms with Gasteiger partial charge in [-0.05, 0) is 18.2 Å². The molecule has 4 heterocycles. The fourth-order valence-electron chi connectivity index (χ4n) is 2.75. The predicted molar refractivity (Wildman–Crippen MR) is 94.0 cm³/mol. The van der Waals surface area contributed by atoms with Crippen LogP contribution in [0.5, 0.6) is 0 Å². The Bertz CT molecular complexity index is 860. The zero-order chi connectivity index (χ0) is 17.8. The van der Waals surface area contributed by atoms with E-state index in [9.17, 15) is 4.79 Å². The molecule has 0 saturated carbocycles. The third-order valence-corrected chi connectivity index (χ3v) is 4.07. The highest BCUT2D eigenvalue weighted by molar-refractivity contribution is 5.91. The van der Waals surface area contributed by atoms with Crippen LogP contribution in [-0.2, 0) is 0 Å². The molecular formula is C16H17N9O. The van der Waals surface area contributed by atoms with E-state index in [1.807, 2.05) is 0 Å². The zero-order valence-corrected chi connectivity index (χ0v) is 13.9. The molecule has 1 aliphatic rings. The van der Waals surface area contributed by atoms with Crippen LogP contribution in [0.4, 0.5) is 16.4 Å². The Hall–Kier alpha value is -3.56. The van der Waals surface area contributed by atoms with Gasteiger partial charge in [-0.3, -0.25) is 0 Å². The van der Waals surface area contributed by atoms with E-state index in [4.69, 9.17) is 0 Å². The summed E-state index contributed by atoms with van der Waals surface area (Å²) in [4.78, 5) is 33.1. The van der Waals surface area contributed by atoms with Crippen molar-refractivity contribution < 1.29 is 4.79 Å². The minimum atomic E-state index is -0.173. The van der Waals surface area contributed by atoms with Crippen LogP contribution in [0.2, 0.25) is 0 Å². The van der Waals surface area contributed by atoms with Crippen molar-refractivity contribution in [1.29, 1.82) is 0 Å². The first-order chi connectivity index (χ1) is 12.8. The van der Waals surface area contributed by atoms with Crippen LogP contribution in [0.15, 0.2) is 49.4 Å². The van der Waals surface area contributed by atoms with Crippen LogP contribution in [-0.4, -0.2) is 66.8 Å². The lowest BCUT2D eigenvalue weighted by atomic mass is 10.3. The fraction of sp³-hybridized carbons (Fsp3) is 0.250. The van der Waals surface area contributed by atoms with Gasteiger partial charge in [0.05, 0.1) is 5.69 Å². The van der Waals surface area contributed by atoms with Crippen LogP contribution in [0.3, 0.4) is 0 Å². The standard InChI is InChI=1S/C16H17N9O/c26-16(22-13-3-1-4-18-14(13)25-12-17-11-21-25)24-9-7-23(8-10-24)15-19-5-2-6-20-15/h1-6,11-12H,7-10H2,(H,22,26). The summed E-state index contributed by atoms with van der Waals surface area (Å²) < 4.78 is 1.51. The molecule has 0 radical (unpaired) electrons. The lowest BCUT2D eigenvalue weighted by molar-refractivity contribution is 0.208. The van der Waals surface area contributed by atoms with E-state index in [1.165, 1.54) is 17.3 Å². The monoisotopic (exact) mass is 351 g/mol.